The third kappa shape index (κ3) is 1.31. The topological polar surface area (TPSA) is 29.9 Å². The number of fused-ring (bicyclic) bond motifs is 1. The Balaban J connectivity index is 2.63. The van der Waals surface area contributed by atoms with Crippen LogP contribution in [0.15, 0.2) is 24.3 Å². The molecule has 0 atom stereocenters. The van der Waals surface area contributed by atoms with Crippen molar-refractivity contribution in [2.75, 3.05) is 7.05 Å². The summed E-state index contributed by atoms with van der Waals surface area (Å²) in [5.74, 6) is 0. The molecule has 0 radical (unpaired) electrons. The Morgan fingerprint density at radius 3 is 2.92 bits per heavy atom. The Labute approximate surface area is 77.4 Å². The summed E-state index contributed by atoms with van der Waals surface area (Å²) in [6.07, 6.45) is 0. The lowest BCUT2D eigenvalue weighted by atomic mass is 10.2. The van der Waals surface area contributed by atoms with E-state index in [1.54, 1.807) is 0 Å². The summed E-state index contributed by atoms with van der Waals surface area (Å²) in [5.41, 5.74) is 2.30. The third-order valence-electron chi connectivity index (χ3n) is 2.18. The van der Waals surface area contributed by atoms with Crippen LogP contribution in [-0.4, -0.2) is 16.8 Å². The van der Waals surface area contributed by atoms with E-state index in [1.165, 1.54) is 10.9 Å². The molecule has 0 fully saturated rings. The predicted molar refractivity (Wildman–Crippen MR) is 53.5 cm³/mol. The van der Waals surface area contributed by atoms with Crippen molar-refractivity contribution in [2.24, 2.45) is 7.05 Å². The zero-order valence-electron chi connectivity index (χ0n) is 7.91. The van der Waals surface area contributed by atoms with Gasteiger partial charge in [-0.15, -0.1) is 0 Å². The molecule has 68 valence electrons. The summed E-state index contributed by atoms with van der Waals surface area (Å²) in [5, 5.41) is 8.78. The van der Waals surface area contributed by atoms with Crippen molar-refractivity contribution >= 4 is 10.9 Å². The highest BCUT2D eigenvalue weighted by atomic mass is 15.3. The van der Waals surface area contributed by atoms with Crippen molar-refractivity contribution in [2.45, 2.75) is 6.54 Å². The highest BCUT2D eigenvalue weighted by Gasteiger charge is 2.05. The van der Waals surface area contributed by atoms with Crippen molar-refractivity contribution < 1.29 is 0 Å². The fourth-order valence-corrected chi connectivity index (χ4v) is 1.59. The molecule has 1 aromatic heterocycles. The van der Waals surface area contributed by atoms with Gasteiger partial charge in [0.05, 0.1) is 11.2 Å². The SMILES string of the molecule is CNCc1nn(C)c2ccccc12. The van der Waals surface area contributed by atoms with E-state index in [0.717, 1.165) is 12.2 Å². The average molecular weight is 175 g/mol. The first-order chi connectivity index (χ1) is 6.33. The van der Waals surface area contributed by atoms with Gasteiger partial charge >= 0.3 is 0 Å². The van der Waals surface area contributed by atoms with Crippen LogP contribution in [-0.2, 0) is 13.6 Å². The number of nitrogens with zero attached hydrogens (tertiary/aromatic N) is 2. The van der Waals surface area contributed by atoms with E-state index >= 15 is 0 Å². The quantitative estimate of drug-likeness (QED) is 0.745. The van der Waals surface area contributed by atoms with Gasteiger partial charge in [0.1, 0.15) is 0 Å². The largest absolute Gasteiger partial charge is 0.314 e. The van der Waals surface area contributed by atoms with Gasteiger partial charge in [-0.3, -0.25) is 4.68 Å². The fraction of sp³-hybridized carbons (Fsp3) is 0.300. The van der Waals surface area contributed by atoms with Crippen LogP contribution in [0.5, 0.6) is 0 Å². The third-order valence-corrected chi connectivity index (χ3v) is 2.18. The van der Waals surface area contributed by atoms with Gasteiger partial charge in [0, 0.05) is 19.0 Å². The summed E-state index contributed by atoms with van der Waals surface area (Å²) >= 11 is 0. The van der Waals surface area contributed by atoms with Crippen molar-refractivity contribution in [3.8, 4) is 0 Å². The summed E-state index contributed by atoms with van der Waals surface area (Å²) in [6.45, 7) is 0.821. The molecule has 0 amide bonds. The number of nitrogens with one attached hydrogen (secondary N) is 1. The van der Waals surface area contributed by atoms with E-state index in [-0.39, 0.29) is 0 Å². The summed E-state index contributed by atoms with van der Waals surface area (Å²) in [7, 11) is 3.91. The number of rotatable bonds is 2. The van der Waals surface area contributed by atoms with Crippen LogP contribution in [0.4, 0.5) is 0 Å². The Hall–Kier alpha value is -1.35. The van der Waals surface area contributed by atoms with E-state index in [2.05, 4.69) is 22.5 Å². The molecule has 13 heavy (non-hydrogen) atoms. The maximum absolute atomic E-state index is 4.43. The number of benzene rings is 1. The molecule has 0 aliphatic carbocycles. The molecule has 1 N–H and O–H groups in total. The molecule has 0 aliphatic heterocycles. The van der Waals surface area contributed by atoms with Crippen LogP contribution < -0.4 is 5.32 Å². The Morgan fingerprint density at radius 2 is 2.15 bits per heavy atom. The minimum Gasteiger partial charge on any atom is -0.314 e. The van der Waals surface area contributed by atoms with Crippen molar-refractivity contribution in [1.82, 2.24) is 15.1 Å². The number of aromatic nitrogens is 2. The van der Waals surface area contributed by atoms with Crippen LogP contribution >= 0.6 is 0 Å². The van der Waals surface area contributed by atoms with Crippen LogP contribution in [0.2, 0.25) is 0 Å². The van der Waals surface area contributed by atoms with Crippen molar-refractivity contribution in [1.29, 1.82) is 0 Å². The molecule has 1 aromatic carbocycles. The molecular weight excluding hydrogens is 162 g/mol. The molecule has 2 aromatic rings. The number of aryl methyl sites for hydroxylation is 1. The molecule has 0 bridgehead atoms. The van der Waals surface area contributed by atoms with E-state index in [4.69, 9.17) is 0 Å². The van der Waals surface area contributed by atoms with Gasteiger partial charge < -0.3 is 5.32 Å². The number of hydrogen-bond acceptors (Lipinski definition) is 2. The minimum atomic E-state index is 0.821. The Morgan fingerprint density at radius 1 is 1.38 bits per heavy atom. The average Bonchev–Trinajstić information content (AvgIpc) is 2.46. The van der Waals surface area contributed by atoms with Gasteiger partial charge in [-0.1, -0.05) is 18.2 Å². The normalized spacial score (nSPS) is 10.9. The molecule has 3 nitrogen and oxygen atoms in total. The highest BCUT2D eigenvalue weighted by molar-refractivity contribution is 5.81. The zero-order chi connectivity index (χ0) is 9.26. The Bertz CT molecular complexity index is 417. The highest BCUT2D eigenvalue weighted by Crippen LogP contribution is 2.16. The molecule has 0 spiro atoms. The second-order valence-electron chi connectivity index (χ2n) is 3.12. The monoisotopic (exact) mass is 175 g/mol. The molecule has 3 heteroatoms. The first-order valence-corrected chi connectivity index (χ1v) is 4.38. The summed E-state index contributed by atoms with van der Waals surface area (Å²) < 4.78 is 1.92. The first-order valence-electron chi connectivity index (χ1n) is 4.38. The molecular formula is C10H13N3. The fourth-order valence-electron chi connectivity index (χ4n) is 1.59. The van der Waals surface area contributed by atoms with Gasteiger partial charge in [-0.25, -0.2) is 0 Å². The zero-order valence-corrected chi connectivity index (χ0v) is 7.91. The molecule has 0 saturated carbocycles. The molecule has 1 heterocycles. The predicted octanol–water partition coefficient (Wildman–Crippen LogP) is 1.29. The van der Waals surface area contributed by atoms with Gasteiger partial charge in [-0.05, 0) is 13.1 Å². The van der Waals surface area contributed by atoms with Gasteiger partial charge in [0.2, 0.25) is 0 Å². The summed E-state index contributed by atoms with van der Waals surface area (Å²) in [4.78, 5) is 0. The van der Waals surface area contributed by atoms with Crippen molar-refractivity contribution in [3.05, 3.63) is 30.0 Å². The minimum absolute atomic E-state index is 0.821. The number of para-hydroxylation sites is 1. The van der Waals surface area contributed by atoms with E-state index in [1.807, 2.05) is 30.9 Å². The van der Waals surface area contributed by atoms with E-state index in [0.29, 0.717) is 0 Å². The second kappa shape index (κ2) is 3.18. The molecule has 2 rings (SSSR count). The lowest BCUT2D eigenvalue weighted by Crippen LogP contribution is -2.06. The number of hydrogen-bond donors (Lipinski definition) is 1. The standard InChI is InChI=1S/C10H13N3/c1-11-7-9-8-5-3-4-6-10(8)13(2)12-9/h3-6,11H,7H2,1-2H3. The van der Waals surface area contributed by atoms with Gasteiger partial charge in [0.15, 0.2) is 0 Å². The molecule has 0 saturated heterocycles. The molecule has 0 aliphatic rings. The Kier molecular flexibility index (Phi) is 2.02. The van der Waals surface area contributed by atoms with E-state index in [9.17, 15) is 0 Å². The van der Waals surface area contributed by atoms with E-state index < -0.39 is 0 Å². The maximum atomic E-state index is 4.43. The van der Waals surface area contributed by atoms with Crippen LogP contribution in [0.1, 0.15) is 5.69 Å². The van der Waals surface area contributed by atoms with Crippen LogP contribution in [0.25, 0.3) is 10.9 Å². The lowest BCUT2D eigenvalue weighted by molar-refractivity contribution is 0.726. The smallest absolute Gasteiger partial charge is 0.0840 e. The van der Waals surface area contributed by atoms with Crippen LogP contribution in [0, 0.1) is 0 Å². The van der Waals surface area contributed by atoms with Gasteiger partial charge in [0.25, 0.3) is 0 Å². The van der Waals surface area contributed by atoms with Crippen molar-refractivity contribution in [3.63, 3.8) is 0 Å². The molecule has 0 unspecified atom stereocenters. The first kappa shape index (κ1) is 8.26. The second-order valence-corrected chi connectivity index (χ2v) is 3.12. The van der Waals surface area contributed by atoms with Gasteiger partial charge in [-0.2, -0.15) is 5.10 Å². The lowest BCUT2D eigenvalue weighted by Gasteiger charge is -1.93. The van der Waals surface area contributed by atoms with Crippen LogP contribution in [0.3, 0.4) is 0 Å². The maximum Gasteiger partial charge on any atom is 0.0840 e. The summed E-state index contributed by atoms with van der Waals surface area (Å²) in [6, 6.07) is 8.27.